The Morgan fingerprint density at radius 2 is 2.05 bits per heavy atom. The number of likely N-dealkylation sites (tertiary alicyclic amines) is 1. The van der Waals surface area contributed by atoms with Crippen molar-refractivity contribution in [2.45, 2.75) is 19.4 Å². The maximum Gasteiger partial charge on any atom is 0.118 e. The van der Waals surface area contributed by atoms with E-state index >= 15 is 0 Å². The molecule has 1 N–H and O–H groups in total. The van der Waals surface area contributed by atoms with Gasteiger partial charge in [-0.1, -0.05) is 24.4 Å². The van der Waals surface area contributed by atoms with E-state index in [9.17, 15) is 0 Å². The summed E-state index contributed by atoms with van der Waals surface area (Å²) in [5.41, 5.74) is 1.82. The molecule has 4 heteroatoms. The Labute approximate surface area is 119 Å². The minimum atomic E-state index is 0.467. The summed E-state index contributed by atoms with van der Waals surface area (Å²) >= 11 is 5.31. The Hall–Kier alpha value is -1.13. The van der Waals surface area contributed by atoms with Gasteiger partial charge in [-0.2, -0.15) is 0 Å². The van der Waals surface area contributed by atoms with Crippen molar-refractivity contribution in [3.63, 3.8) is 0 Å². The molecule has 3 rings (SSSR count). The van der Waals surface area contributed by atoms with E-state index in [2.05, 4.69) is 22.3 Å². The van der Waals surface area contributed by atoms with Crippen LogP contribution in [0, 0.1) is 5.41 Å². The molecule has 0 unspecified atom stereocenters. The average molecular weight is 276 g/mol. The van der Waals surface area contributed by atoms with E-state index in [-0.39, 0.29) is 0 Å². The van der Waals surface area contributed by atoms with E-state index in [0.717, 1.165) is 30.2 Å². The second-order valence-corrected chi connectivity index (χ2v) is 6.26. The Bertz CT molecular complexity index is 466. The minimum Gasteiger partial charge on any atom is -0.497 e. The molecule has 1 aromatic carbocycles. The van der Waals surface area contributed by atoms with Crippen LogP contribution in [0.15, 0.2) is 24.3 Å². The number of methoxy groups -OCH3 is 1. The van der Waals surface area contributed by atoms with E-state index in [4.69, 9.17) is 17.0 Å². The number of hydrogen-bond acceptors (Lipinski definition) is 3. The fourth-order valence-electron chi connectivity index (χ4n) is 3.23. The molecule has 2 saturated heterocycles. The largest absolute Gasteiger partial charge is 0.497 e. The molecular formula is C15H20N2OS. The third kappa shape index (κ3) is 2.74. The van der Waals surface area contributed by atoms with Crippen molar-refractivity contribution in [3.05, 3.63) is 29.8 Å². The minimum absolute atomic E-state index is 0.467. The predicted octanol–water partition coefficient (Wildman–Crippen LogP) is 2.21. The zero-order chi connectivity index (χ0) is 13.3. The van der Waals surface area contributed by atoms with E-state index in [1.165, 1.54) is 25.1 Å². The lowest BCUT2D eigenvalue weighted by Crippen LogP contribution is -2.60. The highest BCUT2D eigenvalue weighted by molar-refractivity contribution is 7.80. The quantitative estimate of drug-likeness (QED) is 0.856. The summed E-state index contributed by atoms with van der Waals surface area (Å²) in [5.74, 6) is 0.924. The van der Waals surface area contributed by atoms with Crippen LogP contribution in [0.4, 0.5) is 0 Å². The molecule has 2 fully saturated rings. The van der Waals surface area contributed by atoms with Crippen LogP contribution in [0.3, 0.4) is 0 Å². The maximum absolute atomic E-state index is 5.31. The van der Waals surface area contributed by atoms with Gasteiger partial charge in [0.05, 0.1) is 12.1 Å². The highest BCUT2D eigenvalue weighted by atomic mass is 32.1. The number of rotatable bonds is 3. The van der Waals surface area contributed by atoms with Gasteiger partial charge in [-0.05, 0) is 24.1 Å². The third-order valence-electron chi connectivity index (χ3n) is 4.20. The fourth-order valence-corrected chi connectivity index (χ4v) is 3.64. The summed E-state index contributed by atoms with van der Waals surface area (Å²) in [6, 6.07) is 8.36. The summed E-state index contributed by atoms with van der Waals surface area (Å²) in [7, 11) is 1.70. The molecular weight excluding hydrogens is 256 g/mol. The molecule has 0 atom stereocenters. The summed E-state index contributed by atoms with van der Waals surface area (Å²) in [4.78, 5) is 3.56. The Kier molecular flexibility index (Phi) is 3.46. The molecule has 1 aromatic rings. The van der Waals surface area contributed by atoms with Gasteiger partial charge in [0.25, 0.3) is 0 Å². The van der Waals surface area contributed by atoms with Gasteiger partial charge >= 0.3 is 0 Å². The van der Waals surface area contributed by atoms with Gasteiger partial charge in [0.15, 0.2) is 0 Å². The second kappa shape index (κ2) is 5.10. The lowest BCUT2D eigenvalue weighted by atomic mass is 9.72. The Morgan fingerprint density at radius 3 is 2.68 bits per heavy atom. The van der Waals surface area contributed by atoms with Crippen molar-refractivity contribution in [2.24, 2.45) is 5.41 Å². The molecule has 0 radical (unpaired) electrons. The van der Waals surface area contributed by atoms with Crippen molar-refractivity contribution >= 4 is 17.2 Å². The molecule has 102 valence electrons. The number of nitrogens with one attached hydrogen (secondary N) is 1. The molecule has 2 aliphatic rings. The number of piperidine rings is 1. The third-order valence-corrected chi connectivity index (χ3v) is 4.49. The average Bonchev–Trinajstić information content (AvgIpc) is 2.38. The van der Waals surface area contributed by atoms with Crippen LogP contribution >= 0.6 is 12.2 Å². The Morgan fingerprint density at radius 1 is 1.32 bits per heavy atom. The van der Waals surface area contributed by atoms with Crippen LogP contribution in [0.2, 0.25) is 0 Å². The smallest absolute Gasteiger partial charge is 0.118 e. The first-order valence-electron chi connectivity index (χ1n) is 6.81. The van der Waals surface area contributed by atoms with Crippen LogP contribution in [-0.4, -0.2) is 36.6 Å². The lowest BCUT2D eigenvalue weighted by molar-refractivity contribution is -0.0106. The van der Waals surface area contributed by atoms with Gasteiger partial charge in [0.2, 0.25) is 0 Å². The van der Waals surface area contributed by atoms with Gasteiger partial charge in [-0.25, -0.2) is 0 Å². The van der Waals surface area contributed by atoms with Crippen molar-refractivity contribution in [1.29, 1.82) is 0 Å². The van der Waals surface area contributed by atoms with Crippen LogP contribution in [0.25, 0.3) is 0 Å². The topological polar surface area (TPSA) is 24.5 Å². The summed E-state index contributed by atoms with van der Waals surface area (Å²) < 4.78 is 5.18. The van der Waals surface area contributed by atoms with Gasteiger partial charge in [0, 0.05) is 38.0 Å². The molecule has 0 bridgehead atoms. The molecule has 0 aliphatic carbocycles. The highest BCUT2D eigenvalue weighted by Gasteiger charge is 2.44. The van der Waals surface area contributed by atoms with Gasteiger partial charge < -0.3 is 10.1 Å². The normalized spacial score (nSPS) is 21.8. The van der Waals surface area contributed by atoms with Gasteiger partial charge in [-0.3, -0.25) is 4.90 Å². The van der Waals surface area contributed by atoms with Gasteiger partial charge in [-0.15, -0.1) is 0 Å². The molecule has 0 amide bonds. The molecule has 2 aliphatic heterocycles. The summed E-state index contributed by atoms with van der Waals surface area (Å²) in [6.07, 6.45) is 2.33. The first-order valence-corrected chi connectivity index (χ1v) is 7.22. The van der Waals surface area contributed by atoms with Crippen LogP contribution in [0.5, 0.6) is 5.75 Å². The SMILES string of the molecule is COc1ccc(CN2CC3(CCNC(=S)C3)C2)cc1. The first-order chi connectivity index (χ1) is 9.19. The van der Waals surface area contributed by atoms with Crippen molar-refractivity contribution in [2.75, 3.05) is 26.7 Å². The molecule has 0 saturated carbocycles. The maximum atomic E-state index is 5.31. The highest BCUT2D eigenvalue weighted by Crippen LogP contribution is 2.39. The zero-order valence-corrected chi connectivity index (χ0v) is 12.1. The van der Waals surface area contributed by atoms with E-state index < -0.39 is 0 Å². The molecule has 1 spiro atoms. The summed E-state index contributed by atoms with van der Waals surface area (Å²) in [6.45, 7) is 4.45. The van der Waals surface area contributed by atoms with Crippen LogP contribution in [-0.2, 0) is 6.54 Å². The van der Waals surface area contributed by atoms with Crippen molar-refractivity contribution in [3.8, 4) is 5.75 Å². The Balaban J connectivity index is 1.54. The van der Waals surface area contributed by atoms with E-state index in [0.29, 0.717) is 5.41 Å². The number of hydrogen-bond donors (Lipinski definition) is 1. The standard InChI is InChI=1S/C15H20N2OS/c1-18-13-4-2-12(3-5-13)9-17-10-15(11-17)6-7-16-14(19)8-15/h2-5H,6-11H2,1H3,(H,16,19). The number of thiocarbonyl (C=S) groups is 1. The second-order valence-electron chi connectivity index (χ2n) is 5.77. The molecule has 2 heterocycles. The van der Waals surface area contributed by atoms with Crippen LogP contribution < -0.4 is 10.1 Å². The molecule has 3 nitrogen and oxygen atoms in total. The van der Waals surface area contributed by atoms with Crippen LogP contribution in [0.1, 0.15) is 18.4 Å². The first kappa shape index (κ1) is 12.9. The predicted molar refractivity (Wildman–Crippen MR) is 80.5 cm³/mol. The molecule has 19 heavy (non-hydrogen) atoms. The van der Waals surface area contributed by atoms with E-state index in [1.54, 1.807) is 7.11 Å². The lowest BCUT2D eigenvalue weighted by Gasteiger charge is -2.52. The number of ether oxygens (including phenoxy) is 1. The monoisotopic (exact) mass is 276 g/mol. The summed E-state index contributed by atoms with van der Waals surface area (Å²) in [5, 5.41) is 3.28. The van der Waals surface area contributed by atoms with E-state index in [1.807, 2.05) is 12.1 Å². The van der Waals surface area contributed by atoms with Crippen molar-refractivity contribution in [1.82, 2.24) is 10.2 Å². The van der Waals surface area contributed by atoms with Gasteiger partial charge in [0.1, 0.15) is 5.75 Å². The fraction of sp³-hybridized carbons (Fsp3) is 0.533. The van der Waals surface area contributed by atoms with Crippen molar-refractivity contribution < 1.29 is 4.74 Å². The molecule has 0 aromatic heterocycles. The number of benzene rings is 1. The zero-order valence-electron chi connectivity index (χ0n) is 11.3. The number of nitrogens with zero attached hydrogens (tertiary/aromatic N) is 1.